The molecule has 2 aromatic carbocycles. The first-order valence-electron chi connectivity index (χ1n) is 7.56. The number of thioether (sulfide) groups is 1. The van der Waals surface area contributed by atoms with Crippen LogP contribution in [0.4, 0.5) is 0 Å². The Morgan fingerprint density at radius 3 is 2.56 bits per heavy atom. The molecule has 1 amide bonds. The average Bonchev–Trinajstić information content (AvgIpc) is 2.93. The second-order valence-electron chi connectivity index (χ2n) is 5.42. The molecule has 1 saturated heterocycles. The third kappa shape index (κ3) is 4.89. The van der Waals surface area contributed by atoms with Gasteiger partial charge in [0, 0.05) is 0 Å². The lowest BCUT2D eigenvalue weighted by Gasteiger charge is -2.14. The van der Waals surface area contributed by atoms with Crippen molar-refractivity contribution in [2.75, 3.05) is 7.11 Å². The second-order valence-corrected chi connectivity index (χ2v) is 8.36. The van der Waals surface area contributed by atoms with E-state index in [1.165, 1.54) is 18.9 Å². The van der Waals surface area contributed by atoms with Crippen LogP contribution in [-0.4, -0.2) is 17.3 Å². The van der Waals surface area contributed by atoms with Gasteiger partial charge in [-0.05, 0) is 41.5 Å². The van der Waals surface area contributed by atoms with Gasteiger partial charge in [-0.25, -0.2) is 0 Å². The summed E-state index contributed by atoms with van der Waals surface area (Å²) < 4.78 is 11.6. The number of nitrogens with one attached hydrogen (secondary N) is 1. The Morgan fingerprint density at radius 1 is 1.15 bits per heavy atom. The number of hydrogen-bond donors (Lipinski definition) is 1. The standard InChI is InChI=1S/C18H12Cl3NO3S2/c1-24-14-6-10(7-15-17(23)22-18(26)27-15)5-13(21)16(14)25-8-9-2-3-11(19)12(20)4-9/h2-7H,8H2,1H3,(H,22,23,26)/b15-7+. The number of thiocarbonyl (C=S) groups is 1. The summed E-state index contributed by atoms with van der Waals surface area (Å²) >= 11 is 24.5. The quantitative estimate of drug-likeness (QED) is 0.456. The molecule has 9 heteroatoms. The number of hydrogen-bond acceptors (Lipinski definition) is 5. The summed E-state index contributed by atoms with van der Waals surface area (Å²) in [5.74, 6) is 0.604. The summed E-state index contributed by atoms with van der Waals surface area (Å²) in [6, 6.07) is 8.66. The highest BCUT2D eigenvalue weighted by molar-refractivity contribution is 8.26. The van der Waals surface area contributed by atoms with Gasteiger partial charge in [-0.2, -0.15) is 0 Å². The zero-order chi connectivity index (χ0) is 19.6. The average molecular weight is 461 g/mol. The Hall–Kier alpha value is -1.44. The molecule has 3 rings (SSSR count). The molecule has 2 aromatic rings. The SMILES string of the molecule is COc1cc(/C=C2/SC(=S)NC2=O)cc(Cl)c1OCc1ccc(Cl)c(Cl)c1. The molecule has 0 spiro atoms. The van der Waals surface area contributed by atoms with Gasteiger partial charge in [0.05, 0.1) is 27.1 Å². The van der Waals surface area contributed by atoms with E-state index in [-0.39, 0.29) is 12.5 Å². The zero-order valence-electron chi connectivity index (χ0n) is 13.8. The largest absolute Gasteiger partial charge is 0.493 e. The van der Waals surface area contributed by atoms with Crippen molar-refractivity contribution in [3.63, 3.8) is 0 Å². The van der Waals surface area contributed by atoms with Gasteiger partial charge in [-0.1, -0.05) is 64.8 Å². The molecule has 1 aliphatic rings. The van der Waals surface area contributed by atoms with E-state index < -0.39 is 0 Å². The van der Waals surface area contributed by atoms with Crippen LogP contribution in [0.1, 0.15) is 11.1 Å². The molecule has 0 aromatic heterocycles. The van der Waals surface area contributed by atoms with E-state index in [0.717, 1.165) is 5.56 Å². The Balaban J connectivity index is 1.84. The van der Waals surface area contributed by atoms with Crippen LogP contribution in [-0.2, 0) is 11.4 Å². The number of amides is 1. The molecule has 0 radical (unpaired) electrons. The molecule has 1 N–H and O–H groups in total. The Kier molecular flexibility index (Phi) is 6.55. The second kappa shape index (κ2) is 8.71. The lowest BCUT2D eigenvalue weighted by Crippen LogP contribution is -2.17. The highest BCUT2D eigenvalue weighted by Crippen LogP contribution is 2.38. The van der Waals surface area contributed by atoms with E-state index in [2.05, 4.69) is 5.32 Å². The minimum Gasteiger partial charge on any atom is -0.493 e. The van der Waals surface area contributed by atoms with Gasteiger partial charge in [0.15, 0.2) is 11.5 Å². The van der Waals surface area contributed by atoms with Gasteiger partial charge in [-0.15, -0.1) is 0 Å². The molecule has 0 bridgehead atoms. The summed E-state index contributed by atoms with van der Waals surface area (Å²) in [5.41, 5.74) is 1.53. The molecule has 1 fully saturated rings. The first kappa shape index (κ1) is 20.3. The van der Waals surface area contributed by atoms with Crippen LogP contribution < -0.4 is 14.8 Å². The van der Waals surface area contributed by atoms with Crippen LogP contribution in [0.3, 0.4) is 0 Å². The summed E-state index contributed by atoms with van der Waals surface area (Å²) in [6.45, 7) is 0.236. The normalized spacial score (nSPS) is 15.2. The highest BCUT2D eigenvalue weighted by atomic mass is 35.5. The van der Waals surface area contributed by atoms with E-state index in [1.807, 2.05) is 6.07 Å². The first-order valence-corrected chi connectivity index (χ1v) is 9.92. The number of halogens is 3. The maximum Gasteiger partial charge on any atom is 0.263 e. The van der Waals surface area contributed by atoms with Crippen LogP contribution in [0.15, 0.2) is 35.2 Å². The molecule has 0 aliphatic carbocycles. The highest BCUT2D eigenvalue weighted by Gasteiger charge is 2.22. The third-order valence-electron chi connectivity index (χ3n) is 3.56. The molecular weight excluding hydrogens is 449 g/mol. The Morgan fingerprint density at radius 2 is 1.93 bits per heavy atom. The van der Waals surface area contributed by atoms with Gasteiger partial charge in [-0.3, -0.25) is 4.79 Å². The van der Waals surface area contributed by atoms with Crippen molar-refractivity contribution >= 4 is 75.1 Å². The van der Waals surface area contributed by atoms with Crippen molar-refractivity contribution in [3.8, 4) is 11.5 Å². The topological polar surface area (TPSA) is 47.6 Å². The third-order valence-corrected chi connectivity index (χ3v) is 5.74. The maximum atomic E-state index is 11.8. The molecule has 1 aliphatic heterocycles. The number of methoxy groups -OCH3 is 1. The van der Waals surface area contributed by atoms with Crippen LogP contribution >= 0.6 is 58.8 Å². The molecule has 4 nitrogen and oxygen atoms in total. The van der Waals surface area contributed by atoms with E-state index in [9.17, 15) is 4.79 Å². The zero-order valence-corrected chi connectivity index (χ0v) is 17.7. The van der Waals surface area contributed by atoms with Crippen molar-refractivity contribution in [1.82, 2.24) is 5.32 Å². The van der Waals surface area contributed by atoms with Crippen LogP contribution in [0.2, 0.25) is 15.1 Å². The molecule has 1 heterocycles. The molecule has 0 atom stereocenters. The van der Waals surface area contributed by atoms with Crippen molar-refractivity contribution < 1.29 is 14.3 Å². The van der Waals surface area contributed by atoms with E-state index >= 15 is 0 Å². The fourth-order valence-electron chi connectivity index (χ4n) is 2.32. The van der Waals surface area contributed by atoms with Gasteiger partial charge < -0.3 is 14.8 Å². The smallest absolute Gasteiger partial charge is 0.263 e. The summed E-state index contributed by atoms with van der Waals surface area (Å²) in [4.78, 5) is 12.3. The van der Waals surface area contributed by atoms with Crippen molar-refractivity contribution in [3.05, 3.63) is 61.4 Å². The monoisotopic (exact) mass is 459 g/mol. The maximum absolute atomic E-state index is 11.8. The Labute approximate surface area is 180 Å². The van der Waals surface area contributed by atoms with Crippen molar-refractivity contribution in [2.24, 2.45) is 0 Å². The summed E-state index contributed by atoms with van der Waals surface area (Å²) in [6.07, 6.45) is 1.69. The molecule has 140 valence electrons. The summed E-state index contributed by atoms with van der Waals surface area (Å²) in [7, 11) is 1.51. The number of rotatable bonds is 5. The fraction of sp³-hybridized carbons (Fsp3) is 0.111. The predicted octanol–water partition coefficient (Wildman–Crippen LogP) is 5.72. The summed E-state index contributed by atoms with van der Waals surface area (Å²) in [5, 5.41) is 3.84. The van der Waals surface area contributed by atoms with Crippen molar-refractivity contribution in [1.29, 1.82) is 0 Å². The van der Waals surface area contributed by atoms with Gasteiger partial charge in [0.1, 0.15) is 10.9 Å². The van der Waals surface area contributed by atoms with Crippen LogP contribution in [0.25, 0.3) is 6.08 Å². The fourth-order valence-corrected chi connectivity index (χ4v) is 3.96. The van der Waals surface area contributed by atoms with E-state index in [0.29, 0.717) is 41.4 Å². The Bertz CT molecular complexity index is 963. The van der Waals surface area contributed by atoms with E-state index in [1.54, 1.807) is 30.3 Å². The van der Waals surface area contributed by atoms with Crippen molar-refractivity contribution in [2.45, 2.75) is 6.61 Å². The number of benzene rings is 2. The minimum atomic E-state index is -0.236. The predicted molar refractivity (Wildman–Crippen MR) is 115 cm³/mol. The van der Waals surface area contributed by atoms with Gasteiger partial charge in [0.25, 0.3) is 5.91 Å². The van der Waals surface area contributed by atoms with Gasteiger partial charge >= 0.3 is 0 Å². The minimum absolute atomic E-state index is 0.236. The van der Waals surface area contributed by atoms with Crippen LogP contribution in [0, 0.1) is 0 Å². The lowest BCUT2D eigenvalue weighted by atomic mass is 10.1. The molecular formula is C18H12Cl3NO3S2. The van der Waals surface area contributed by atoms with Gasteiger partial charge in [0.2, 0.25) is 0 Å². The molecule has 0 saturated carbocycles. The number of carbonyl (C=O) groups excluding carboxylic acids is 1. The molecule has 27 heavy (non-hydrogen) atoms. The number of ether oxygens (including phenoxy) is 2. The lowest BCUT2D eigenvalue weighted by molar-refractivity contribution is -0.115. The van der Waals surface area contributed by atoms with E-state index in [4.69, 9.17) is 56.5 Å². The van der Waals surface area contributed by atoms with Crippen LogP contribution in [0.5, 0.6) is 11.5 Å². The molecule has 0 unspecified atom stereocenters. The first-order chi connectivity index (χ1) is 12.9. The number of carbonyl (C=O) groups is 1.